The van der Waals surface area contributed by atoms with Crippen LogP contribution in [-0.4, -0.2) is 43.0 Å². The summed E-state index contributed by atoms with van der Waals surface area (Å²) in [5.74, 6) is 2.13. The summed E-state index contributed by atoms with van der Waals surface area (Å²) in [6.45, 7) is 4.04. The van der Waals surface area contributed by atoms with Crippen LogP contribution in [0.1, 0.15) is 88.3 Å². The highest BCUT2D eigenvalue weighted by atomic mass is 16.6. The molecule has 0 radical (unpaired) electrons. The highest BCUT2D eigenvalue weighted by Gasteiger charge is 2.46. The van der Waals surface area contributed by atoms with Crippen LogP contribution in [-0.2, 0) is 15.0 Å². The SMILES string of the molecule is CC1c2cc3c(cc2C2(CCCC2)CN1C(=O)CNC(=O)CC1CCCCC1)OCCO3. The van der Waals surface area contributed by atoms with Crippen LogP contribution in [0.15, 0.2) is 12.1 Å². The molecule has 32 heavy (non-hydrogen) atoms. The van der Waals surface area contributed by atoms with Crippen LogP contribution < -0.4 is 14.8 Å². The third kappa shape index (κ3) is 4.08. The van der Waals surface area contributed by atoms with E-state index in [1.807, 2.05) is 4.90 Å². The second kappa shape index (κ2) is 8.95. The summed E-state index contributed by atoms with van der Waals surface area (Å²) in [5, 5.41) is 2.93. The smallest absolute Gasteiger partial charge is 0.242 e. The van der Waals surface area contributed by atoms with Crippen LogP contribution in [0.4, 0.5) is 0 Å². The molecule has 1 atom stereocenters. The Balaban J connectivity index is 1.31. The molecular formula is C26H36N2O4. The van der Waals surface area contributed by atoms with Gasteiger partial charge in [0.05, 0.1) is 12.6 Å². The number of ether oxygens (including phenoxy) is 2. The number of amides is 2. The van der Waals surface area contributed by atoms with Crippen molar-refractivity contribution >= 4 is 11.8 Å². The van der Waals surface area contributed by atoms with Gasteiger partial charge in [0.1, 0.15) is 13.2 Å². The standard InChI is InChI=1S/C26H36N2O4/c1-18-20-14-22-23(32-12-11-31-22)15-21(20)26(9-5-6-10-26)17-28(18)25(30)16-27-24(29)13-19-7-3-2-4-8-19/h14-15,18-19H,2-13,16-17H2,1H3,(H,27,29). The van der Waals surface area contributed by atoms with E-state index in [1.165, 1.54) is 43.2 Å². The summed E-state index contributed by atoms with van der Waals surface area (Å²) in [7, 11) is 0. The highest BCUT2D eigenvalue weighted by Crippen LogP contribution is 2.51. The number of nitrogens with zero attached hydrogens (tertiary/aromatic N) is 1. The molecule has 1 spiro atoms. The van der Waals surface area contributed by atoms with Crippen molar-refractivity contribution in [2.45, 2.75) is 82.6 Å². The molecular weight excluding hydrogens is 404 g/mol. The zero-order valence-electron chi connectivity index (χ0n) is 19.3. The van der Waals surface area contributed by atoms with Crippen molar-refractivity contribution < 1.29 is 19.1 Å². The van der Waals surface area contributed by atoms with Crippen molar-refractivity contribution in [3.63, 3.8) is 0 Å². The Morgan fingerprint density at radius 3 is 2.44 bits per heavy atom. The number of rotatable bonds is 4. The Morgan fingerprint density at radius 1 is 1.03 bits per heavy atom. The summed E-state index contributed by atoms with van der Waals surface area (Å²) in [4.78, 5) is 27.8. The van der Waals surface area contributed by atoms with Crippen LogP contribution in [0.5, 0.6) is 11.5 Å². The Labute approximate surface area is 191 Å². The fourth-order valence-corrected chi connectivity index (χ4v) is 6.41. The summed E-state index contributed by atoms with van der Waals surface area (Å²) >= 11 is 0. The van der Waals surface area contributed by atoms with Gasteiger partial charge in [-0.2, -0.15) is 0 Å². The number of fused-ring (bicyclic) bond motifs is 3. The first-order chi connectivity index (χ1) is 15.6. The molecule has 1 unspecified atom stereocenters. The van der Waals surface area contributed by atoms with Crippen molar-refractivity contribution in [1.29, 1.82) is 0 Å². The van der Waals surface area contributed by atoms with Crippen LogP contribution in [0.25, 0.3) is 0 Å². The third-order valence-corrected chi connectivity index (χ3v) is 8.19. The second-order valence-electron chi connectivity index (χ2n) is 10.3. The normalized spacial score (nSPS) is 24.3. The van der Waals surface area contributed by atoms with Gasteiger partial charge in [-0.3, -0.25) is 9.59 Å². The van der Waals surface area contributed by atoms with Crippen LogP contribution in [0.3, 0.4) is 0 Å². The van der Waals surface area contributed by atoms with Crippen molar-refractivity contribution in [2.75, 3.05) is 26.3 Å². The van der Waals surface area contributed by atoms with Crippen molar-refractivity contribution in [3.8, 4) is 11.5 Å². The first kappa shape index (κ1) is 21.6. The van der Waals surface area contributed by atoms with Crippen molar-refractivity contribution in [2.24, 2.45) is 5.92 Å². The molecule has 2 amide bonds. The van der Waals surface area contributed by atoms with Gasteiger partial charge in [-0.25, -0.2) is 0 Å². The van der Waals surface area contributed by atoms with E-state index >= 15 is 0 Å². The highest BCUT2D eigenvalue weighted by molar-refractivity contribution is 5.85. The van der Waals surface area contributed by atoms with E-state index in [-0.39, 0.29) is 29.8 Å². The van der Waals surface area contributed by atoms with E-state index in [4.69, 9.17) is 9.47 Å². The number of hydrogen-bond acceptors (Lipinski definition) is 4. The summed E-state index contributed by atoms with van der Waals surface area (Å²) < 4.78 is 11.7. The van der Waals surface area contributed by atoms with E-state index in [1.54, 1.807) is 0 Å². The monoisotopic (exact) mass is 440 g/mol. The molecule has 2 saturated carbocycles. The van der Waals surface area contributed by atoms with Gasteiger partial charge < -0.3 is 19.7 Å². The molecule has 1 aromatic rings. The molecule has 2 fully saturated rings. The maximum absolute atomic E-state index is 13.3. The molecule has 4 aliphatic rings. The summed E-state index contributed by atoms with van der Waals surface area (Å²) in [6.07, 6.45) is 11.1. The quantitative estimate of drug-likeness (QED) is 0.760. The van der Waals surface area contributed by atoms with Gasteiger partial charge >= 0.3 is 0 Å². The predicted octanol–water partition coefficient (Wildman–Crippen LogP) is 4.26. The zero-order chi connectivity index (χ0) is 22.1. The minimum atomic E-state index is -0.0465. The molecule has 2 aliphatic heterocycles. The lowest BCUT2D eigenvalue weighted by molar-refractivity contribution is -0.136. The number of benzene rings is 1. The maximum atomic E-state index is 13.3. The van der Waals surface area contributed by atoms with E-state index < -0.39 is 0 Å². The van der Waals surface area contributed by atoms with Crippen LogP contribution in [0, 0.1) is 5.92 Å². The molecule has 6 nitrogen and oxygen atoms in total. The number of carbonyl (C=O) groups excluding carboxylic acids is 2. The van der Waals surface area contributed by atoms with Crippen LogP contribution >= 0.6 is 0 Å². The van der Waals surface area contributed by atoms with Gasteiger partial charge in [-0.1, -0.05) is 32.1 Å². The molecule has 0 saturated heterocycles. The predicted molar refractivity (Wildman–Crippen MR) is 122 cm³/mol. The molecule has 0 aromatic heterocycles. The summed E-state index contributed by atoms with van der Waals surface area (Å²) in [5.41, 5.74) is 2.49. The number of carbonyl (C=O) groups is 2. The van der Waals surface area contributed by atoms with Gasteiger partial charge in [0, 0.05) is 18.4 Å². The first-order valence-corrected chi connectivity index (χ1v) is 12.6. The molecule has 2 heterocycles. The van der Waals surface area contributed by atoms with E-state index in [0.717, 1.165) is 43.7 Å². The number of hydrogen-bond donors (Lipinski definition) is 1. The average Bonchev–Trinajstić information content (AvgIpc) is 3.29. The minimum Gasteiger partial charge on any atom is -0.486 e. The second-order valence-corrected chi connectivity index (χ2v) is 10.3. The third-order valence-electron chi connectivity index (χ3n) is 8.19. The Hall–Kier alpha value is -2.24. The van der Waals surface area contributed by atoms with E-state index in [2.05, 4.69) is 24.4 Å². The first-order valence-electron chi connectivity index (χ1n) is 12.6. The number of nitrogens with one attached hydrogen (secondary N) is 1. The lowest BCUT2D eigenvalue weighted by Gasteiger charge is -2.46. The zero-order valence-corrected chi connectivity index (χ0v) is 19.3. The molecule has 174 valence electrons. The van der Waals surface area contributed by atoms with Gasteiger partial charge in [-0.15, -0.1) is 0 Å². The summed E-state index contributed by atoms with van der Waals surface area (Å²) in [6, 6.07) is 4.23. The fourth-order valence-electron chi connectivity index (χ4n) is 6.41. The maximum Gasteiger partial charge on any atom is 0.242 e. The molecule has 1 aromatic carbocycles. The van der Waals surface area contributed by atoms with Gasteiger partial charge in [0.15, 0.2) is 11.5 Å². The topological polar surface area (TPSA) is 67.9 Å². The lowest BCUT2D eigenvalue weighted by Crippen LogP contribution is -2.51. The Kier molecular flexibility index (Phi) is 6.04. The Morgan fingerprint density at radius 2 is 1.72 bits per heavy atom. The molecule has 0 bridgehead atoms. The molecule has 6 heteroatoms. The van der Waals surface area contributed by atoms with Gasteiger partial charge in [0.25, 0.3) is 0 Å². The van der Waals surface area contributed by atoms with E-state index in [9.17, 15) is 9.59 Å². The minimum absolute atomic E-state index is 0.0144. The van der Waals surface area contributed by atoms with Gasteiger partial charge in [0.2, 0.25) is 11.8 Å². The molecule has 2 aliphatic carbocycles. The molecule has 1 N–H and O–H groups in total. The molecule has 5 rings (SSSR count). The van der Waals surface area contributed by atoms with E-state index in [0.29, 0.717) is 25.6 Å². The van der Waals surface area contributed by atoms with Crippen molar-refractivity contribution in [3.05, 3.63) is 23.3 Å². The van der Waals surface area contributed by atoms with Crippen LogP contribution in [0.2, 0.25) is 0 Å². The van der Waals surface area contributed by atoms with Gasteiger partial charge in [-0.05, 0) is 61.8 Å². The largest absolute Gasteiger partial charge is 0.486 e. The lowest BCUT2D eigenvalue weighted by atomic mass is 9.71. The fraction of sp³-hybridized carbons (Fsp3) is 0.692. The van der Waals surface area contributed by atoms with Crippen molar-refractivity contribution in [1.82, 2.24) is 10.2 Å². The average molecular weight is 441 g/mol. The Bertz CT molecular complexity index is 871.